The molecule has 33 heavy (non-hydrogen) atoms. The Morgan fingerprint density at radius 3 is 1.03 bits per heavy atom. The number of rotatable bonds is 28. The summed E-state index contributed by atoms with van der Waals surface area (Å²) < 4.78 is 48.5. The first kappa shape index (κ1) is 32.2. The summed E-state index contributed by atoms with van der Waals surface area (Å²) in [6, 6.07) is 0. The second-order valence-electron chi connectivity index (χ2n) is 7.13. The van der Waals surface area contributed by atoms with Crippen LogP contribution in [-0.4, -0.2) is 119 Å². The summed E-state index contributed by atoms with van der Waals surface area (Å²) in [6.45, 7) is 14.1. The first-order valence-corrected chi connectivity index (χ1v) is 11.9. The molecule has 0 aromatic rings. The maximum atomic E-state index is 5.52. The van der Waals surface area contributed by atoms with Gasteiger partial charge < -0.3 is 42.6 Å². The largest absolute Gasteiger partial charge is 0.379 e. The first-order chi connectivity index (χ1) is 16.3. The summed E-state index contributed by atoms with van der Waals surface area (Å²) >= 11 is 0. The van der Waals surface area contributed by atoms with Crippen LogP contribution in [0.15, 0.2) is 0 Å². The van der Waals surface area contributed by atoms with E-state index >= 15 is 0 Å². The quantitative estimate of drug-likeness (QED) is 0.123. The van der Waals surface area contributed by atoms with Gasteiger partial charge >= 0.3 is 0 Å². The summed E-state index contributed by atoms with van der Waals surface area (Å²) in [7, 11) is 0. The van der Waals surface area contributed by atoms with Gasteiger partial charge in [0, 0.05) is 6.61 Å². The van der Waals surface area contributed by atoms with E-state index in [9.17, 15) is 0 Å². The van der Waals surface area contributed by atoms with Crippen molar-refractivity contribution in [3.63, 3.8) is 0 Å². The van der Waals surface area contributed by atoms with Crippen molar-refractivity contribution in [1.82, 2.24) is 0 Å². The Morgan fingerprint density at radius 2 is 0.758 bits per heavy atom. The molecule has 1 atom stereocenters. The number of terminal acetylenes is 1. The highest BCUT2D eigenvalue weighted by Gasteiger charge is 1.98. The van der Waals surface area contributed by atoms with Crippen LogP contribution >= 0.6 is 0 Å². The molecule has 0 spiro atoms. The molecule has 196 valence electrons. The third kappa shape index (κ3) is 29.2. The number of hydrogen-bond donors (Lipinski definition) is 0. The maximum absolute atomic E-state index is 5.52. The lowest BCUT2D eigenvalue weighted by Crippen LogP contribution is -2.15. The van der Waals surface area contributed by atoms with E-state index in [-0.39, 0.29) is 0 Å². The molecule has 0 aromatic carbocycles. The minimum atomic E-state index is 0.315. The SMILES string of the molecule is C#CCOCCOCCOCCOCCOCCOCCOCCOCCOCC(C)CC. The average Bonchev–Trinajstić information content (AvgIpc) is 2.83. The van der Waals surface area contributed by atoms with E-state index in [0.29, 0.717) is 118 Å². The van der Waals surface area contributed by atoms with Crippen LogP contribution < -0.4 is 0 Å². The predicted molar refractivity (Wildman–Crippen MR) is 126 cm³/mol. The van der Waals surface area contributed by atoms with Gasteiger partial charge in [0.15, 0.2) is 0 Å². The van der Waals surface area contributed by atoms with E-state index in [2.05, 4.69) is 19.8 Å². The lowest BCUT2D eigenvalue weighted by Gasteiger charge is -2.10. The standard InChI is InChI=1S/C24H46O9/c1-4-6-25-7-8-26-9-10-27-11-12-28-13-14-29-15-16-30-17-18-31-19-20-32-21-22-33-23-24(3)5-2/h1,24H,5-23H2,2-3H3. The molecule has 0 amide bonds. The lowest BCUT2D eigenvalue weighted by atomic mass is 10.1. The Hall–Kier alpha value is -0.800. The molecule has 0 aliphatic heterocycles. The van der Waals surface area contributed by atoms with Gasteiger partial charge in [-0.05, 0) is 5.92 Å². The van der Waals surface area contributed by atoms with Gasteiger partial charge in [0.25, 0.3) is 0 Å². The van der Waals surface area contributed by atoms with Crippen LogP contribution in [0.2, 0.25) is 0 Å². The van der Waals surface area contributed by atoms with Crippen LogP contribution in [0.5, 0.6) is 0 Å². The minimum Gasteiger partial charge on any atom is -0.379 e. The predicted octanol–water partition coefficient (Wildman–Crippen LogP) is 1.82. The second-order valence-corrected chi connectivity index (χ2v) is 7.13. The van der Waals surface area contributed by atoms with Gasteiger partial charge in [-0.15, -0.1) is 6.42 Å². The van der Waals surface area contributed by atoms with Crippen molar-refractivity contribution >= 4 is 0 Å². The second kappa shape index (κ2) is 29.2. The van der Waals surface area contributed by atoms with E-state index in [0.717, 1.165) is 13.0 Å². The average molecular weight is 479 g/mol. The van der Waals surface area contributed by atoms with E-state index < -0.39 is 0 Å². The summed E-state index contributed by atoms with van der Waals surface area (Å²) in [5.41, 5.74) is 0. The molecular formula is C24H46O9. The Bertz CT molecular complexity index is 404. The van der Waals surface area contributed by atoms with Gasteiger partial charge in [-0.25, -0.2) is 0 Å². The molecule has 9 heteroatoms. The fourth-order valence-corrected chi connectivity index (χ4v) is 2.19. The molecule has 0 radical (unpaired) electrons. The molecule has 0 aromatic heterocycles. The zero-order chi connectivity index (χ0) is 24.1. The van der Waals surface area contributed by atoms with E-state index in [4.69, 9.17) is 49.1 Å². The molecule has 0 fully saturated rings. The van der Waals surface area contributed by atoms with Crippen LogP contribution in [0.25, 0.3) is 0 Å². The van der Waals surface area contributed by atoms with Gasteiger partial charge in [0.2, 0.25) is 0 Å². The lowest BCUT2D eigenvalue weighted by molar-refractivity contribution is -0.0251. The van der Waals surface area contributed by atoms with Crippen LogP contribution in [0, 0.1) is 18.3 Å². The molecule has 0 saturated carbocycles. The van der Waals surface area contributed by atoms with E-state index in [1.807, 2.05) is 0 Å². The van der Waals surface area contributed by atoms with Crippen LogP contribution in [0.4, 0.5) is 0 Å². The Balaban J connectivity index is 3.02. The molecule has 0 aliphatic carbocycles. The summed E-state index contributed by atoms with van der Waals surface area (Å²) in [5.74, 6) is 3.00. The van der Waals surface area contributed by atoms with Crippen molar-refractivity contribution in [1.29, 1.82) is 0 Å². The number of hydrogen-bond acceptors (Lipinski definition) is 9. The Kier molecular flexibility index (Phi) is 28.5. The summed E-state index contributed by atoms with van der Waals surface area (Å²) in [5, 5.41) is 0. The topological polar surface area (TPSA) is 83.1 Å². The summed E-state index contributed by atoms with van der Waals surface area (Å²) in [4.78, 5) is 0. The zero-order valence-corrected chi connectivity index (χ0v) is 20.8. The first-order valence-electron chi connectivity index (χ1n) is 11.9. The molecule has 0 N–H and O–H groups in total. The van der Waals surface area contributed by atoms with Crippen molar-refractivity contribution in [3.8, 4) is 12.3 Å². The van der Waals surface area contributed by atoms with Gasteiger partial charge in [-0.2, -0.15) is 0 Å². The van der Waals surface area contributed by atoms with Gasteiger partial charge in [-0.1, -0.05) is 26.2 Å². The molecule has 0 rings (SSSR count). The van der Waals surface area contributed by atoms with E-state index in [1.54, 1.807) is 0 Å². The van der Waals surface area contributed by atoms with Crippen LogP contribution in [0.3, 0.4) is 0 Å². The molecule has 9 nitrogen and oxygen atoms in total. The molecule has 1 unspecified atom stereocenters. The Morgan fingerprint density at radius 1 is 0.485 bits per heavy atom. The fraction of sp³-hybridized carbons (Fsp3) is 0.917. The number of ether oxygens (including phenoxy) is 9. The molecule has 0 bridgehead atoms. The van der Waals surface area contributed by atoms with Crippen molar-refractivity contribution < 1.29 is 42.6 Å². The zero-order valence-electron chi connectivity index (χ0n) is 20.8. The summed E-state index contributed by atoms with van der Waals surface area (Å²) in [6.07, 6.45) is 6.20. The third-order valence-corrected chi connectivity index (χ3v) is 4.26. The smallest absolute Gasteiger partial charge is 0.107 e. The van der Waals surface area contributed by atoms with Gasteiger partial charge in [0.05, 0.1) is 106 Å². The van der Waals surface area contributed by atoms with Crippen molar-refractivity contribution in [2.24, 2.45) is 5.92 Å². The highest BCUT2D eigenvalue weighted by Crippen LogP contribution is 1.99. The minimum absolute atomic E-state index is 0.315. The molecule has 0 aliphatic rings. The van der Waals surface area contributed by atoms with Gasteiger partial charge in [0.1, 0.15) is 6.61 Å². The van der Waals surface area contributed by atoms with Gasteiger partial charge in [-0.3, -0.25) is 0 Å². The monoisotopic (exact) mass is 478 g/mol. The molecule has 0 heterocycles. The van der Waals surface area contributed by atoms with Crippen LogP contribution in [0.1, 0.15) is 20.3 Å². The third-order valence-electron chi connectivity index (χ3n) is 4.26. The van der Waals surface area contributed by atoms with Crippen molar-refractivity contribution in [2.75, 3.05) is 119 Å². The highest BCUT2D eigenvalue weighted by molar-refractivity contribution is 4.82. The van der Waals surface area contributed by atoms with Crippen molar-refractivity contribution in [3.05, 3.63) is 0 Å². The maximum Gasteiger partial charge on any atom is 0.107 e. The van der Waals surface area contributed by atoms with E-state index in [1.165, 1.54) is 0 Å². The fourth-order valence-electron chi connectivity index (χ4n) is 2.19. The van der Waals surface area contributed by atoms with Crippen molar-refractivity contribution in [2.45, 2.75) is 20.3 Å². The normalized spacial score (nSPS) is 12.2. The highest BCUT2D eigenvalue weighted by atomic mass is 16.6. The van der Waals surface area contributed by atoms with Crippen LogP contribution in [-0.2, 0) is 42.6 Å². The molecular weight excluding hydrogens is 432 g/mol. The Labute approximate surface area is 200 Å². The molecule has 0 saturated heterocycles.